The third kappa shape index (κ3) is 7.65. The molecular formula is C15H20O3. The Morgan fingerprint density at radius 2 is 1.67 bits per heavy atom. The van der Waals surface area contributed by atoms with Crippen LogP contribution in [0.1, 0.15) is 5.56 Å². The number of hydrogen-bond acceptors (Lipinski definition) is 3. The van der Waals surface area contributed by atoms with E-state index < -0.39 is 0 Å². The fraction of sp³-hybridized carbons (Fsp3) is 0.333. The lowest BCUT2D eigenvalue weighted by atomic mass is 10.2. The summed E-state index contributed by atoms with van der Waals surface area (Å²) in [5.74, 6) is 0. The Kier molecular flexibility index (Phi) is 8.50. The molecule has 1 aromatic rings. The summed E-state index contributed by atoms with van der Waals surface area (Å²) in [6, 6.07) is 10.1. The highest BCUT2D eigenvalue weighted by molar-refractivity contribution is 5.48. The van der Waals surface area contributed by atoms with Crippen molar-refractivity contribution >= 4 is 6.08 Å². The van der Waals surface area contributed by atoms with Crippen LogP contribution in [0.5, 0.6) is 0 Å². The van der Waals surface area contributed by atoms with Crippen molar-refractivity contribution in [1.29, 1.82) is 0 Å². The van der Waals surface area contributed by atoms with E-state index in [4.69, 9.17) is 14.2 Å². The van der Waals surface area contributed by atoms with E-state index in [1.807, 2.05) is 30.4 Å². The van der Waals surface area contributed by atoms with Crippen LogP contribution in [0.2, 0.25) is 0 Å². The summed E-state index contributed by atoms with van der Waals surface area (Å²) < 4.78 is 15.6. The van der Waals surface area contributed by atoms with Gasteiger partial charge < -0.3 is 14.2 Å². The largest absolute Gasteiger partial charge is 0.499 e. The van der Waals surface area contributed by atoms with Crippen LogP contribution in [0, 0.1) is 0 Å². The molecule has 0 unspecified atom stereocenters. The van der Waals surface area contributed by atoms with E-state index in [1.165, 1.54) is 11.8 Å². The monoisotopic (exact) mass is 248 g/mol. The predicted molar refractivity (Wildman–Crippen MR) is 73.3 cm³/mol. The molecule has 1 rings (SSSR count). The Hall–Kier alpha value is -1.58. The third-order valence-corrected chi connectivity index (χ3v) is 2.16. The zero-order chi connectivity index (χ0) is 12.9. The summed E-state index contributed by atoms with van der Waals surface area (Å²) in [5, 5.41) is 0. The van der Waals surface area contributed by atoms with Gasteiger partial charge >= 0.3 is 0 Å². The van der Waals surface area contributed by atoms with Crippen LogP contribution in [-0.4, -0.2) is 33.0 Å². The van der Waals surface area contributed by atoms with E-state index in [-0.39, 0.29) is 0 Å². The van der Waals surface area contributed by atoms with Gasteiger partial charge in [0.2, 0.25) is 0 Å². The molecule has 0 bridgehead atoms. The molecule has 3 nitrogen and oxygen atoms in total. The van der Waals surface area contributed by atoms with Gasteiger partial charge in [-0.25, -0.2) is 0 Å². The Morgan fingerprint density at radius 1 is 0.944 bits per heavy atom. The molecule has 0 saturated carbocycles. The topological polar surface area (TPSA) is 27.7 Å². The molecule has 18 heavy (non-hydrogen) atoms. The fourth-order valence-electron chi connectivity index (χ4n) is 1.31. The second-order valence-corrected chi connectivity index (χ2v) is 3.54. The molecule has 0 atom stereocenters. The van der Waals surface area contributed by atoms with E-state index in [9.17, 15) is 0 Å². The standard InChI is InChI=1S/C15H20O3/c1-2-16-11-12-18-14-13-17-10-6-9-15-7-4-3-5-8-15/h2-9H,1,10-14H2/b9-6+. The predicted octanol–water partition coefficient (Wildman–Crippen LogP) is 2.89. The highest BCUT2D eigenvalue weighted by atomic mass is 16.5. The molecular weight excluding hydrogens is 228 g/mol. The first-order valence-corrected chi connectivity index (χ1v) is 6.03. The maximum Gasteiger partial charge on any atom is 0.111 e. The summed E-state index contributed by atoms with van der Waals surface area (Å²) in [4.78, 5) is 0. The molecule has 0 N–H and O–H groups in total. The molecule has 0 saturated heterocycles. The van der Waals surface area contributed by atoms with Crippen LogP contribution in [0.15, 0.2) is 49.2 Å². The Balaban J connectivity index is 1.92. The van der Waals surface area contributed by atoms with Gasteiger partial charge in [0.1, 0.15) is 6.61 Å². The molecule has 0 fully saturated rings. The van der Waals surface area contributed by atoms with Crippen molar-refractivity contribution in [3.05, 3.63) is 54.8 Å². The molecule has 1 aromatic carbocycles. The second-order valence-electron chi connectivity index (χ2n) is 3.54. The minimum absolute atomic E-state index is 0.539. The first-order valence-electron chi connectivity index (χ1n) is 6.03. The Morgan fingerprint density at radius 3 is 2.44 bits per heavy atom. The SMILES string of the molecule is C=COCCOCCOC/C=C/c1ccccc1. The van der Waals surface area contributed by atoms with Crippen molar-refractivity contribution in [2.24, 2.45) is 0 Å². The lowest BCUT2D eigenvalue weighted by molar-refractivity contribution is 0.0383. The average molecular weight is 248 g/mol. The van der Waals surface area contributed by atoms with Crippen molar-refractivity contribution in [3.63, 3.8) is 0 Å². The summed E-state index contributed by atoms with van der Waals surface area (Å²) >= 11 is 0. The maximum atomic E-state index is 5.39. The van der Waals surface area contributed by atoms with Crippen LogP contribution in [0.25, 0.3) is 6.08 Å². The molecule has 0 aliphatic heterocycles. The number of ether oxygens (including phenoxy) is 3. The Labute approximate surface area is 109 Å². The van der Waals surface area contributed by atoms with Crippen LogP contribution in [0.3, 0.4) is 0 Å². The second kappa shape index (κ2) is 10.6. The van der Waals surface area contributed by atoms with Gasteiger partial charge in [-0.3, -0.25) is 0 Å². The minimum atomic E-state index is 0.539. The van der Waals surface area contributed by atoms with Gasteiger partial charge in [0.15, 0.2) is 0 Å². The maximum absolute atomic E-state index is 5.39. The molecule has 0 heterocycles. The van der Waals surface area contributed by atoms with Gasteiger partial charge in [0.05, 0.1) is 32.7 Å². The third-order valence-electron chi connectivity index (χ3n) is 2.16. The number of hydrogen-bond donors (Lipinski definition) is 0. The zero-order valence-electron chi connectivity index (χ0n) is 10.6. The molecule has 3 heteroatoms. The lowest BCUT2D eigenvalue weighted by Crippen LogP contribution is -2.08. The number of benzene rings is 1. The minimum Gasteiger partial charge on any atom is -0.499 e. The normalized spacial score (nSPS) is 10.7. The molecule has 0 aromatic heterocycles. The van der Waals surface area contributed by atoms with Gasteiger partial charge in [0.25, 0.3) is 0 Å². The van der Waals surface area contributed by atoms with Crippen LogP contribution in [-0.2, 0) is 14.2 Å². The fourth-order valence-corrected chi connectivity index (χ4v) is 1.31. The lowest BCUT2D eigenvalue weighted by Gasteiger charge is -2.03. The quantitative estimate of drug-likeness (QED) is 0.470. The van der Waals surface area contributed by atoms with Crippen molar-refractivity contribution in [1.82, 2.24) is 0 Å². The number of rotatable bonds is 10. The highest BCUT2D eigenvalue weighted by Gasteiger charge is 1.88. The van der Waals surface area contributed by atoms with E-state index in [0.29, 0.717) is 33.0 Å². The molecule has 0 spiro atoms. The van der Waals surface area contributed by atoms with Crippen molar-refractivity contribution < 1.29 is 14.2 Å². The van der Waals surface area contributed by atoms with Crippen LogP contribution in [0.4, 0.5) is 0 Å². The first kappa shape index (κ1) is 14.5. The van der Waals surface area contributed by atoms with Crippen molar-refractivity contribution in [2.45, 2.75) is 0 Å². The summed E-state index contributed by atoms with van der Waals surface area (Å²) in [6.45, 7) is 6.32. The molecule has 98 valence electrons. The summed E-state index contributed by atoms with van der Waals surface area (Å²) in [7, 11) is 0. The van der Waals surface area contributed by atoms with Gasteiger partial charge in [0, 0.05) is 0 Å². The van der Waals surface area contributed by atoms with Gasteiger partial charge in [-0.2, -0.15) is 0 Å². The molecule has 0 amide bonds. The van der Waals surface area contributed by atoms with E-state index in [0.717, 1.165) is 0 Å². The molecule has 0 aliphatic carbocycles. The smallest absolute Gasteiger partial charge is 0.111 e. The van der Waals surface area contributed by atoms with E-state index >= 15 is 0 Å². The van der Waals surface area contributed by atoms with E-state index in [2.05, 4.69) is 18.7 Å². The molecule has 0 aliphatic rings. The Bertz CT molecular complexity index is 333. The average Bonchev–Trinajstić information content (AvgIpc) is 2.42. The van der Waals surface area contributed by atoms with E-state index in [1.54, 1.807) is 0 Å². The summed E-state index contributed by atoms with van der Waals surface area (Å²) in [5.41, 5.74) is 1.18. The van der Waals surface area contributed by atoms with Gasteiger partial charge in [-0.1, -0.05) is 49.1 Å². The van der Waals surface area contributed by atoms with Crippen LogP contribution < -0.4 is 0 Å². The highest BCUT2D eigenvalue weighted by Crippen LogP contribution is 2.00. The summed E-state index contributed by atoms with van der Waals surface area (Å²) in [6.07, 6.45) is 5.45. The molecule has 0 radical (unpaired) electrons. The van der Waals surface area contributed by atoms with Gasteiger partial charge in [-0.15, -0.1) is 0 Å². The zero-order valence-corrected chi connectivity index (χ0v) is 10.6. The van der Waals surface area contributed by atoms with Crippen LogP contribution >= 0.6 is 0 Å². The van der Waals surface area contributed by atoms with Crippen molar-refractivity contribution in [2.75, 3.05) is 33.0 Å². The first-order chi connectivity index (χ1) is 8.93. The van der Waals surface area contributed by atoms with Crippen molar-refractivity contribution in [3.8, 4) is 0 Å². The van der Waals surface area contributed by atoms with Gasteiger partial charge in [-0.05, 0) is 5.56 Å².